The first-order valence-electron chi connectivity index (χ1n) is 18.7. The van der Waals surface area contributed by atoms with Crippen LogP contribution in [0.25, 0.3) is 0 Å². The van der Waals surface area contributed by atoms with Gasteiger partial charge in [0.25, 0.3) is 0 Å². The van der Waals surface area contributed by atoms with Gasteiger partial charge in [0, 0.05) is 17.9 Å². The summed E-state index contributed by atoms with van der Waals surface area (Å²) < 4.78 is 43.8. The SMILES string of the molecule is COCC(O)COCOCC(O)COc1ccc(C(C)(C)c2ccc(OCC(O)COc3ccc(C(C)(C)c4ccc(OCC5CO5)cc4)cc3)cc2)cc1. The van der Waals surface area contributed by atoms with Crippen molar-refractivity contribution in [3.05, 3.63) is 119 Å². The lowest BCUT2D eigenvalue weighted by molar-refractivity contribution is -0.107. The Kier molecular flexibility index (Phi) is 15.3. The maximum absolute atomic E-state index is 10.6. The van der Waals surface area contributed by atoms with E-state index in [9.17, 15) is 15.3 Å². The van der Waals surface area contributed by atoms with Gasteiger partial charge < -0.3 is 53.2 Å². The molecule has 4 aromatic rings. The molecule has 1 aliphatic heterocycles. The van der Waals surface area contributed by atoms with E-state index in [1.165, 1.54) is 12.7 Å². The van der Waals surface area contributed by atoms with Crippen LogP contribution in [0.5, 0.6) is 23.0 Å². The third-order valence-electron chi connectivity index (χ3n) is 9.62. The van der Waals surface area contributed by atoms with Gasteiger partial charge in [-0.3, -0.25) is 0 Å². The second kappa shape index (κ2) is 20.1. The Morgan fingerprint density at radius 3 is 1.15 bits per heavy atom. The summed E-state index contributed by atoms with van der Waals surface area (Å²) in [5, 5.41) is 30.3. The van der Waals surface area contributed by atoms with Crippen molar-refractivity contribution in [3.63, 3.8) is 0 Å². The van der Waals surface area contributed by atoms with Crippen LogP contribution in [0.3, 0.4) is 0 Å². The molecule has 298 valence electrons. The van der Waals surface area contributed by atoms with Crippen LogP contribution in [0.4, 0.5) is 0 Å². The highest BCUT2D eigenvalue weighted by atomic mass is 16.7. The predicted octanol–water partition coefficient (Wildman–Crippen LogP) is 5.67. The standard InChI is InChI=1S/C44H56O11/c1-43(2,31-6-14-38(15-7-31)51-25-36(46)24-50-30-49-23-35(45)22-48-5)32-8-16-39(17-9-32)52-26-37(47)27-53-40-18-10-33(11-19-40)44(3,4)34-12-20-41(21-13-34)54-28-42-29-55-42/h6-21,35-37,42,45-47H,22-30H2,1-5H3. The average molecular weight is 761 g/mol. The zero-order valence-electron chi connectivity index (χ0n) is 32.5. The van der Waals surface area contributed by atoms with Gasteiger partial charge in [-0.15, -0.1) is 0 Å². The number of aliphatic hydroxyl groups is 3. The van der Waals surface area contributed by atoms with E-state index < -0.39 is 18.3 Å². The van der Waals surface area contributed by atoms with Gasteiger partial charge in [-0.25, -0.2) is 0 Å². The quantitative estimate of drug-likeness (QED) is 0.0463. The highest BCUT2D eigenvalue weighted by molar-refractivity contribution is 5.43. The van der Waals surface area contributed by atoms with Gasteiger partial charge in [-0.05, 0) is 70.8 Å². The molecule has 4 unspecified atom stereocenters. The number of methoxy groups -OCH3 is 1. The van der Waals surface area contributed by atoms with E-state index in [-0.39, 0.29) is 63.4 Å². The van der Waals surface area contributed by atoms with Crippen LogP contribution < -0.4 is 18.9 Å². The molecule has 4 atom stereocenters. The molecule has 55 heavy (non-hydrogen) atoms. The predicted molar refractivity (Wildman–Crippen MR) is 208 cm³/mol. The van der Waals surface area contributed by atoms with E-state index >= 15 is 0 Å². The maximum Gasteiger partial charge on any atom is 0.146 e. The van der Waals surface area contributed by atoms with Crippen molar-refractivity contribution in [2.45, 2.75) is 62.9 Å². The molecule has 0 amide bonds. The number of hydrogen-bond acceptors (Lipinski definition) is 11. The first kappa shape index (κ1) is 42.0. The van der Waals surface area contributed by atoms with Crippen LogP contribution in [-0.4, -0.2) is 106 Å². The van der Waals surface area contributed by atoms with Crippen molar-refractivity contribution in [2.75, 3.05) is 66.8 Å². The van der Waals surface area contributed by atoms with Crippen molar-refractivity contribution in [3.8, 4) is 23.0 Å². The first-order valence-corrected chi connectivity index (χ1v) is 18.7. The molecule has 1 saturated heterocycles. The van der Waals surface area contributed by atoms with Gasteiger partial charge >= 0.3 is 0 Å². The lowest BCUT2D eigenvalue weighted by Gasteiger charge is -2.27. The summed E-state index contributed by atoms with van der Waals surface area (Å²) in [5.74, 6) is 2.81. The summed E-state index contributed by atoms with van der Waals surface area (Å²) in [4.78, 5) is 0. The molecule has 11 heteroatoms. The molecule has 0 radical (unpaired) electrons. The molecule has 0 aliphatic carbocycles. The number of epoxide rings is 1. The number of aliphatic hydroxyl groups excluding tert-OH is 3. The molecule has 0 aromatic heterocycles. The fourth-order valence-electron chi connectivity index (χ4n) is 5.90. The van der Waals surface area contributed by atoms with Gasteiger partial charge in [0.15, 0.2) is 0 Å². The summed E-state index contributed by atoms with van der Waals surface area (Å²) in [5.41, 5.74) is 4.00. The van der Waals surface area contributed by atoms with Gasteiger partial charge in [-0.2, -0.15) is 0 Å². The fraction of sp³-hybridized carbons (Fsp3) is 0.455. The summed E-state index contributed by atoms with van der Waals surface area (Å²) in [6, 6.07) is 31.8. The van der Waals surface area contributed by atoms with Crippen molar-refractivity contribution in [1.29, 1.82) is 0 Å². The lowest BCUT2D eigenvalue weighted by atomic mass is 9.78. The summed E-state index contributed by atoms with van der Waals surface area (Å²) in [7, 11) is 1.50. The summed E-state index contributed by atoms with van der Waals surface area (Å²) in [6.45, 7) is 10.5. The highest BCUT2D eigenvalue weighted by Gasteiger charge is 2.26. The minimum absolute atomic E-state index is 0.0386. The maximum atomic E-state index is 10.6. The molecule has 1 fully saturated rings. The van der Waals surface area contributed by atoms with Gasteiger partial charge in [0.05, 0.1) is 26.4 Å². The number of benzene rings is 4. The normalized spacial score (nSPS) is 15.9. The van der Waals surface area contributed by atoms with E-state index in [4.69, 9.17) is 37.9 Å². The number of rotatable bonds is 24. The second-order valence-corrected chi connectivity index (χ2v) is 14.8. The average Bonchev–Trinajstić information content (AvgIpc) is 4.03. The van der Waals surface area contributed by atoms with Crippen LogP contribution in [-0.2, 0) is 29.8 Å². The molecule has 5 rings (SSSR count). The molecule has 0 spiro atoms. The van der Waals surface area contributed by atoms with Crippen molar-refractivity contribution in [2.24, 2.45) is 0 Å². The van der Waals surface area contributed by atoms with Gasteiger partial charge in [-0.1, -0.05) is 76.2 Å². The van der Waals surface area contributed by atoms with Crippen molar-refractivity contribution < 1.29 is 53.2 Å². The van der Waals surface area contributed by atoms with Crippen LogP contribution >= 0.6 is 0 Å². The van der Waals surface area contributed by atoms with Crippen LogP contribution in [0.1, 0.15) is 49.9 Å². The monoisotopic (exact) mass is 760 g/mol. The van der Waals surface area contributed by atoms with Crippen LogP contribution in [0.2, 0.25) is 0 Å². The Labute approximate surface area is 324 Å². The number of hydrogen-bond donors (Lipinski definition) is 3. The Balaban J connectivity index is 1.01. The van der Waals surface area contributed by atoms with E-state index in [1.807, 2.05) is 72.8 Å². The lowest BCUT2D eigenvalue weighted by Crippen LogP contribution is -2.26. The summed E-state index contributed by atoms with van der Waals surface area (Å²) >= 11 is 0. The zero-order valence-corrected chi connectivity index (χ0v) is 32.5. The van der Waals surface area contributed by atoms with Crippen LogP contribution in [0.15, 0.2) is 97.1 Å². The molecule has 0 saturated carbocycles. The Hall–Kier alpha value is -4.20. The van der Waals surface area contributed by atoms with E-state index in [2.05, 4.69) is 52.0 Å². The molecule has 11 nitrogen and oxygen atoms in total. The molecule has 1 heterocycles. The van der Waals surface area contributed by atoms with Crippen molar-refractivity contribution >= 4 is 0 Å². The van der Waals surface area contributed by atoms with E-state index in [1.54, 1.807) is 0 Å². The van der Waals surface area contributed by atoms with Crippen LogP contribution in [0, 0.1) is 0 Å². The second-order valence-electron chi connectivity index (χ2n) is 14.8. The third kappa shape index (κ3) is 12.9. The molecule has 0 bridgehead atoms. The largest absolute Gasteiger partial charge is 0.491 e. The number of ether oxygens (including phenoxy) is 8. The minimum Gasteiger partial charge on any atom is -0.491 e. The molecular formula is C44H56O11. The molecule has 1 aliphatic rings. The van der Waals surface area contributed by atoms with Gasteiger partial charge in [0.2, 0.25) is 0 Å². The fourth-order valence-corrected chi connectivity index (χ4v) is 5.90. The zero-order chi connectivity index (χ0) is 39.3. The molecular weight excluding hydrogens is 704 g/mol. The topological polar surface area (TPSA) is 138 Å². The highest BCUT2D eigenvalue weighted by Crippen LogP contribution is 2.35. The smallest absolute Gasteiger partial charge is 0.146 e. The molecule has 4 aromatic carbocycles. The van der Waals surface area contributed by atoms with E-state index in [0.29, 0.717) is 23.9 Å². The Bertz CT molecular complexity index is 1690. The minimum atomic E-state index is -0.835. The van der Waals surface area contributed by atoms with E-state index in [0.717, 1.165) is 29.0 Å². The Morgan fingerprint density at radius 1 is 0.509 bits per heavy atom. The summed E-state index contributed by atoms with van der Waals surface area (Å²) in [6.07, 6.45) is -2.14. The molecule has 3 N–H and O–H groups in total. The Morgan fingerprint density at radius 2 is 0.818 bits per heavy atom. The third-order valence-corrected chi connectivity index (χ3v) is 9.62. The van der Waals surface area contributed by atoms with Gasteiger partial charge in [0.1, 0.15) is 80.6 Å². The first-order chi connectivity index (χ1) is 26.4. The van der Waals surface area contributed by atoms with Crippen molar-refractivity contribution in [1.82, 2.24) is 0 Å².